The maximum atomic E-state index is 12.0. The molecule has 1 rings (SSSR count). The number of oxime groups is 1. The smallest absolute Gasteiger partial charge is 0.233 e. The molecule has 1 aliphatic rings. The van der Waals surface area contributed by atoms with Gasteiger partial charge in [-0.05, 0) is 19.8 Å². The minimum absolute atomic E-state index is 0.00735. The number of carbonyl (C=O) groups is 1. The number of nitrogens with zero attached hydrogens (tertiary/aromatic N) is 2. The molecule has 1 saturated heterocycles. The molecule has 0 aliphatic carbocycles. The fourth-order valence-corrected chi connectivity index (χ4v) is 1.95. The maximum absolute atomic E-state index is 12.0. The van der Waals surface area contributed by atoms with Crippen LogP contribution >= 0.6 is 0 Å². The lowest BCUT2D eigenvalue weighted by Gasteiger charge is -2.27. The summed E-state index contributed by atoms with van der Waals surface area (Å²) in [6, 6.07) is 0. The fourth-order valence-electron chi connectivity index (χ4n) is 1.95. The highest BCUT2D eigenvalue weighted by Gasteiger charge is 2.23. The van der Waals surface area contributed by atoms with Gasteiger partial charge in [0.25, 0.3) is 0 Å². The van der Waals surface area contributed by atoms with Gasteiger partial charge in [0.1, 0.15) is 0 Å². The molecule has 16 heavy (non-hydrogen) atoms. The van der Waals surface area contributed by atoms with Crippen LogP contribution in [0.15, 0.2) is 5.16 Å². The van der Waals surface area contributed by atoms with Gasteiger partial charge in [0, 0.05) is 13.1 Å². The number of nitrogens with two attached hydrogens (primary N) is 1. The van der Waals surface area contributed by atoms with Gasteiger partial charge in [-0.2, -0.15) is 0 Å². The first-order chi connectivity index (χ1) is 7.66. The lowest BCUT2D eigenvalue weighted by atomic mass is 10.1. The molecule has 3 N–H and O–H groups in total. The van der Waals surface area contributed by atoms with Crippen molar-refractivity contribution < 1.29 is 10.0 Å². The SMILES string of the molecule is CC(C(=O)N1CCCCCCC1)C(N)=NO. The quantitative estimate of drug-likeness (QED) is 0.321. The lowest BCUT2D eigenvalue weighted by Crippen LogP contribution is -2.42. The Labute approximate surface area is 96.3 Å². The second-order valence-corrected chi connectivity index (χ2v) is 4.34. The number of carbonyl (C=O) groups excluding carboxylic acids is 1. The summed E-state index contributed by atoms with van der Waals surface area (Å²) in [6.07, 6.45) is 5.73. The van der Waals surface area contributed by atoms with E-state index in [4.69, 9.17) is 10.9 Å². The lowest BCUT2D eigenvalue weighted by molar-refractivity contribution is -0.133. The van der Waals surface area contributed by atoms with Crippen LogP contribution in [0.25, 0.3) is 0 Å². The molecule has 1 amide bonds. The molecule has 1 fully saturated rings. The van der Waals surface area contributed by atoms with Crippen LogP contribution in [0.3, 0.4) is 0 Å². The van der Waals surface area contributed by atoms with Gasteiger partial charge in [-0.25, -0.2) is 0 Å². The Morgan fingerprint density at radius 1 is 1.25 bits per heavy atom. The maximum Gasteiger partial charge on any atom is 0.233 e. The molecule has 1 atom stereocenters. The summed E-state index contributed by atoms with van der Waals surface area (Å²) in [4.78, 5) is 13.9. The first kappa shape index (κ1) is 12.8. The van der Waals surface area contributed by atoms with E-state index >= 15 is 0 Å². The second-order valence-electron chi connectivity index (χ2n) is 4.34. The van der Waals surface area contributed by atoms with Crippen LogP contribution < -0.4 is 5.73 Å². The minimum atomic E-state index is -0.524. The molecule has 0 aromatic rings. The Hall–Kier alpha value is -1.26. The van der Waals surface area contributed by atoms with Crippen molar-refractivity contribution in [2.45, 2.75) is 39.0 Å². The number of rotatable bonds is 2. The second kappa shape index (κ2) is 6.35. The molecular weight excluding hydrogens is 206 g/mol. The van der Waals surface area contributed by atoms with Crippen molar-refractivity contribution in [3.05, 3.63) is 0 Å². The minimum Gasteiger partial charge on any atom is -0.409 e. The zero-order valence-electron chi connectivity index (χ0n) is 9.85. The third kappa shape index (κ3) is 3.40. The third-order valence-electron chi connectivity index (χ3n) is 3.10. The average molecular weight is 227 g/mol. The Morgan fingerprint density at radius 3 is 2.25 bits per heavy atom. The van der Waals surface area contributed by atoms with Gasteiger partial charge >= 0.3 is 0 Å². The molecule has 5 nitrogen and oxygen atoms in total. The summed E-state index contributed by atoms with van der Waals surface area (Å²) in [5.74, 6) is -0.561. The van der Waals surface area contributed by atoms with Crippen molar-refractivity contribution >= 4 is 11.7 Å². The largest absolute Gasteiger partial charge is 0.409 e. The number of hydrogen-bond donors (Lipinski definition) is 2. The monoisotopic (exact) mass is 227 g/mol. The summed E-state index contributed by atoms with van der Waals surface area (Å²) in [6.45, 7) is 3.26. The molecule has 1 unspecified atom stereocenters. The summed E-state index contributed by atoms with van der Waals surface area (Å²) < 4.78 is 0. The fraction of sp³-hybridized carbons (Fsp3) is 0.818. The van der Waals surface area contributed by atoms with E-state index in [1.807, 2.05) is 4.90 Å². The van der Waals surface area contributed by atoms with E-state index in [0.717, 1.165) is 25.9 Å². The molecule has 0 spiro atoms. The molecule has 0 aromatic carbocycles. The van der Waals surface area contributed by atoms with E-state index < -0.39 is 5.92 Å². The first-order valence-electron chi connectivity index (χ1n) is 5.93. The van der Waals surface area contributed by atoms with Crippen molar-refractivity contribution in [3.63, 3.8) is 0 Å². The van der Waals surface area contributed by atoms with Crippen LogP contribution in [-0.2, 0) is 4.79 Å². The van der Waals surface area contributed by atoms with E-state index in [9.17, 15) is 4.79 Å². The molecule has 0 radical (unpaired) electrons. The molecule has 0 bridgehead atoms. The van der Waals surface area contributed by atoms with Crippen LogP contribution in [0.5, 0.6) is 0 Å². The predicted octanol–water partition coefficient (Wildman–Crippen LogP) is 1.16. The van der Waals surface area contributed by atoms with E-state index in [1.54, 1.807) is 6.92 Å². The highest BCUT2D eigenvalue weighted by atomic mass is 16.4. The highest BCUT2D eigenvalue weighted by molar-refractivity contribution is 6.01. The van der Waals surface area contributed by atoms with Crippen LogP contribution in [0, 0.1) is 5.92 Å². The normalized spacial score (nSPS) is 21.1. The Kier molecular flexibility index (Phi) is 5.08. The summed E-state index contributed by atoms with van der Waals surface area (Å²) in [5, 5.41) is 11.4. The zero-order chi connectivity index (χ0) is 12.0. The van der Waals surface area contributed by atoms with E-state index in [-0.39, 0.29) is 11.7 Å². The average Bonchev–Trinajstić information content (AvgIpc) is 2.26. The summed E-state index contributed by atoms with van der Waals surface area (Å²) >= 11 is 0. The van der Waals surface area contributed by atoms with Gasteiger partial charge in [-0.1, -0.05) is 24.4 Å². The van der Waals surface area contributed by atoms with Crippen molar-refractivity contribution in [2.24, 2.45) is 16.8 Å². The predicted molar refractivity (Wildman–Crippen MR) is 62.2 cm³/mol. The van der Waals surface area contributed by atoms with Crippen molar-refractivity contribution in [3.8, 4) is 0 Å². The summed E-state index contributed by atoms with van der Waals surface area (Å²) in [7, 11) is 0. The van der Waals surface area contributed by atoms with Gasteiger partial charge in [0.15, 0.2) is 5.84 Å². The number of likely N-dealkylation sites (tertiary alicyclic amines) is 1. The van der Waals surface area contributed by atoms with Crippen molar-refractivity contribution in [1.82, 2.24) is 4.90 Å². The van der Waals surface area contributed by atoms with Gasteiger partial charge in [-0.3, -0.25) is 4.79 Å². The standard InChI is InChI=1S/C11H21N3O2/c1-9(10(12)13-16)11(15)14-7-5-3-2-4-6-8-14/h9,16H,2-8H2,1H3,(H2,12,13). The van der Waals surface area contributed by atoms with E-state index in [0.29, 0.717) is 0 Å². The first-order valence-corrected chi connectivity index (χ1v) is 5.93. The number of hydrogen-bond acceptors (Lipinski definition) is 3. The Balaban J connectivity index is 2.56. The topological polar surface area (TPSA) is 78.9 Å². The Bertz CT molecular complexity index is 258. The van der Waals surface area contributed by atoms with Crippen molar-refractivity contribution in [2.75, 3.05) is 13.1 Å². The van der Waals surface area contributed by atoms with Gasteiger partial charge in [0.05, 0.1) is 5.92 Å². The van der Waals surface area contributed by atoms with Gasteiger partial charge < -0.3 is 15.8 Å². The third-order valence-corrected chi connectivity index (χ3v) is 3.10. The number of amides is 1. The van der Waals surface area contributed by atoms with E-state index in [1.165, 1.54) is 19.3 Å². The van der Waals surface area contributed by atoms with Crippen LogP contribution in [-0.4, -0.2) is 34.9 Å². The molecule has 1 heterocycles. The molecule has 0 saturated carbocycles. The van der Waals surface area contributed by atoms with Crippen LogP contribution in [0.4, 0.5) is 0 Å². The van der Waals surface area contributed by atoms with Gasteiger partial charge in [-0.15, -0.1) is 0 Å². The van der Waals surface area contributed by atoms with Crippen LogP contribution in [0.2, 0.25) is 0 Å². The van der Waals surface area contributed by atoms with E-state index in [2.05, 4.69) is 5.16 Å². The molecule has 5 heteroatoms. The highest BCUT2D eigenvalue weighted by Crippen LogP contribution is 2.13. The zero-order valence-corrected chi connectivity index (χ0v) is 9.85. The molecule has 0 aromatic heterocycles. The number of amidine groups is 1. The molecule has 1 aliphatic heterocycles. The molecule has 92 valence electrons. The van der Waals surface area contributed by atoms with Crippen molar-refractivity contribution in [1.29, 1.82) is 0 Å². The molecular formula is C11H21N3O2. The summed E-state index contributed by atoms with van der Waals surface area (Å²) in [5.41, 5.74) is 5.45. The van der Waals surface area contributed by atoms with Gasteiger partial charge in [0.2, 0.25) is 5.91 Å². The van der Waals surface area contributed by atoms with Crippen LogP contribution in [0.1, 0.15) is 39.0 Å². The Morgan fingerprint density at radius 2 is 1.75 bits per heavy atom.